The molecule has 0 fully saturated rings. The van der Waals surface area contributed by atoms with Gasteiger partial charge in [-0.05, 0) is 31.7 Å². The molecule has 6 heteroatoms. The van der Waals surface area contributed by atoms with Gasteiger partial charge in [0.25, 0.3) is 5.56 Å². The minimum Gasteiger partial charge on any atom is -0.295 e. The van der Waals surface area contributed by atoms with E-state index in [2.05, 4.69) is 20.1 Å². The van der Waals surface area contributed by atoms with Crippen molar-refractivity contribution in [1.82, 2.24) is 24.5 Å². The Hall–Kier alpha value is -2.47. The molecule has 0 amide bonds. The van der Waals surface area contributed by atoms with Crippen molar-refractivity contribution in [1.29, 1.82) is 0 Å². The predicted molar refractivity (Wildman–Crippen MR) is 80.0 cm³/mol. The Balaban J connectivity index is 1.84. The van der Waals surface area contributed by atoms with Crippen molar-refractivity contribution in [2.45, 2.75) is 20.0 Å². The van der Waals surface area contributed by atoms with Crippen LogP contribution in [0.15, 0.2) is 41.5 Å². The Labute approximate surface area is 122 Å². The van der Waals surface area contributed by atoms with Crippen molar-refractivity contribution in [3.8, 4) is 0 Å². The molecule has 0 spiro atoms. The Kier molecular flexibility index (Phi) is 3.53. The molecule has 108 valence electrons. The highest BCUT2D eigenvalue weighted by atomic mass is 16.1. The molecule has 0 saturated heterocycles. The second-order valence-corrected chi connectivity index (χ2v) is 5.27. The van der Waals surface area contributed by atoms with Crippen LogP contribution < -0.4 is 5.56 Å². The van der Waals surface area contributed by atoms with Gasteiger partial charge in [-0.25, -0.2) is 4.98 Å². The number of pyridine rings is 1. The molecule has 3 heterocycles. The van der Waals surface area contributed by atoms with Crippen LogP contribution >= 0.6 is 0 Å². The first-order valence-corrected chi connectivity index (χ1v) is 6.77. The van der Waals surface area contributed by atoms with E-state index in [9.17, 15) is 4.79 Å². The molecular weight excluding hydrogens is 266 g/mol. The van der Waals surface area contributed by atoms with Crippen molar-refractivity contribution in [2.24, 2.45) is 0 Å². The van der Waals surface area contributed by atoms with Gasteiger partial charge in [-0.15, -0.1) is 0 Å². The Morgan fingerprint density at radius 2 is 2.14 bits per heavy atom. The first-order valence-electron chi connectivity index (χ1n) is 6.77. The third kappa shape index (κ3) is 3.00. The summed E-state index contributed by atoms with van der Waals surface area (Å²) in [6.45, 7) is 3.30. The quantitative estimate of drug-likeness (QED) is 0.785. The lowest BCUT2D eigenvalue weighted by atomic mass is 10.3. The minimum absolute atomic E-state index is 0.0476. The molecule has 0 saturated carbocycles. The number of aromatic amines is 1. The third-order valence-electron chi connectivity index (χ3n) is 3.29. The molecule has 0 unspecified atom stereocenters. The number of hydrogen-bond acceptors (Lipinski definition) is 4. The van der Waals surface area contributed by atoms with Crippen molar-refractivity contribution in [3.05, 3.63) is 64.0 Å². The van der Waals surface area contributed by atoms with E-state index in [0.29, 0.717) is 12.2 Å². The van der Waals surface area contributed by atoms with E-state index in [1.165, 1.54) is 0 Å². The number of H-pyrrole nitrogens is 1. The summed E-state index contributed by atoms with van der Waals surface area (Å²) in [5, 5.41) is 6.85. The van der Waals surface area contributed by atoms with Gasteiger partial charge in [0.15, 0.2) is 0 Å². The standard InChI is InChI=1S/C15H17N5O/c1-11-3-4-14-17-13(7-15(21)20(14)8-11)10-19(2)9-12-5-6-16-18-12/h3-8H,9-10H2,1-2H3,(H,16,18). The zero-order valence-corrected chi connectivity index (χ0v) is 12.1. The average Bonchev–Trinajstić information content (AvgIpc) is 2.92. The highest BCUT2D eigenvalue weighted by Gasteiger charge is 2.07. The van der Waals surface area contributed by atoms with E-state index < -0.39 is 0 Å². The first-order chi connectivity index (χ1) is 10.1. The summed E-state index contributed by atoms with van der Waals surface area (Å²) in [7, 11) is 1.99. The van der Waals surface area contributed by atoms with Gasteiger partial charge < -0.3 is 0 Å². The second-order valence-electron chi connectivity index (χ2n) is 5.27. The highest BCUT2D eigenvalue weighted by molar-refractivity contribution is 5.39. The summed E-state index contributed by atoms with van der Waals surface area (Å²) in [4.78, 5) is 18.8. The summed E-state index contributed by atoms with van der Waals surface area (Å²) in [6, 6.07) is 7.35. The van der Waals surface area contributed by atoms with Gasteiger partial charge in [-0.1, -0.05) is 6.07 Å². The third-order valence-corrected chi connectivity index (χ3v) is 3.29. The zero-order chi connectivity index (χ0) is 14.8. The lowest BCUT2D eigenvalue weighted by molar-refractivity contribution is 0.311. The molecule has 3 rings (SSSR count). The van der Waals surface area contributed by atoms with E-state index in [-0.39, 0.29) is 5.56 Å². The van der Waals surface area contributed by atoms with Crippen LogP contribution in [0.4, 0.5) is 0 Å². The molecule has 1 N–H and O–H groups in total. The molecule has 0 aliphatic carbocycles. The van der Waals surface area contributed by atoms with Crippen LogP contribution in [0.25, 0.3) is 5.65 Å². The molecule has 0 aliphatic heterocycles. The van der Waals surface area contributed by atoms with Gasteiger partial charge in [0.1, 0.15) is 5.65 Å². The maximum absolute atomic E-state index is 12.1. The van der Waals surface area contributed by atoms with Crippen molar-refractivity contribution < 1.29 is 0 Å². The van der Waals surface area contributed by atoms with E-state index >= 15 is 0 Å². The average molecular weight is 283 g/mol. The lowest BCUT2D eigenvalue weighted by Crippen LogP contribution is -2.22. The monoisotopic (exact) mass is 283 g/mol. The Morgan fingerprint density at radius 1 is 1.29 bits per heavy atom. The van der Waals surface area contributed by atoms with Crippen LogP contribution in [-0.2, 0) is 13.1 Å². The van der Waals surface area contributed by atoms with Crippen LogP contribution in [0.2, 0.25) is 0 Å². The molecule has 0 bridgehead atoms. The Morgan fingerprint density at radius 3 is 2.90 bits per heavy atom. The normalized spacial score (nSPS) is 11.4. The summed E-state index contributed by atoms with van der Waals surface area (Å²) >= 11 is 0. The smallest absolute Gasteiger partial charge is 0.258 e. The van der Waals surface area contributed by atoms with E-state index in [4.69, 9.17) is 0 Å². The molecule has 0 aliphatic rings. The van der Waals surface area contributed by atoms with E-state index in [1.54, 1.807) is 16.7 Å². The SMILES string of the molecule is Cc1ccc2nc(CN(C)Cc3ccn[nH]3)cc(=O)n2c1. The van der Waals surface area contributed by atoms with Crippen LogP contribution in [0.5, 0.6) is 0 Å². The van der Waals surface area contributed by atoms with Gasteiger partial charge in [-0.2, -0.15) is 5.10 Å². The fourth-order valence-electron chi connectivity index (χ4n) is 2.34. The van der Waals surface area contributed by atoms with Gasteiger partial charge in [0, 0.05) is 37.2 Å². The molecule has 0 aromatic carbocycles. The van der Waals surface area contributed by atoms with Crippen LogP contribution in [-0.4, -0.2) is 31.5 Å². The van der Waals surface area contributed by atoms with Crippen LogP contribution in [0, 0.1) is 6.92 Å². The molecule has 3 aromatic heterocycles. The molecule has 0 radical (unpaired) electrons. The number of hydrogen-bond donors (Lipinski definition) is 1. The van der Waals surface area contributed by atoms with Gasteiger partial charge in [0.2, 0.25) is 0 Å². The van der Waals surface area contributed by atoms with Gasteiger partial charge in [-0.3, -0.25) is 19.2 Å². The van der Waals surface area contributed by atoms with Crippen molar-refractivity contribution in [2.75, 3.05) is 7.05 Å². The maximum Gasteiger partial charge on any atom is 0.258 e. The number of nitrogens with one attached hydrogen (secondary N) is 1. The molecule has 21 heavy (non-hydrogen) atoms. The summed E-state index contributed by atoms with van der Waals surface area (Å²) < 4.78 is 1.58. The zero-order valence-electron chi connectivity index (χ0n) is 12.1. The number of aromatic nitrogens is 4. The predicted octanol–water partition coefficient (Wildman–Crippen LogP) is 1.36. The maximum atomic E-state index is 12.1. The molecule has 0 atom stereocenters. The number of fused-ring (bicyclic) bond motifs is 1. The summed E-state index contributed by atoms with van der Waals surface area (Å²) in [5.41, 5.74) is 3.47. The molecular formula is C15H17N5O. The number of rotatable bonds is 4. The first kappa shape index (κ1) is 13.5. The van der Waals surface area contributed by atoms with Gasteiger partial charge >= 0.3 is 0 Å². The fourth-order valence-corrected chi connectivity index (χ4v) is 2.34. The Bertz CT molecular complexity index is 807. The van der Waals surface area contributed by atoms with Crippen molar-refractivity contribution >= 4 is 5.65 Å². The van der Waals surface area contributed by atoms with E-state index in [1.807, 2.05) is 38.4 Å². The topological polar surface area (TPSA) is 66.3 Å². The fraction of sp³-hybridized carbons (Fsp3) is 0.267. The number of aryl methyl sites for hydroxylation is 1. The highest BCUT2D eigenvalue weighted by Crippen LogP contribution is 2.06. The molecule has 6 nitrogen and oxygen atoms in total. The number of nitrogens with zero attached hydrogens (tertiary/aromatic N) is 4. The minimum atomic E-state index is -0.0476. The lowest BCUT2D eigenvalue weighted by Gasteiger charge is -2.15. The van der Waals surface area contributed by atoms with Crippen LogP contribution in [0.3, 0.4) is 0 Å². The largest absolute Gasteiger partial charge is 0.295 e. The second kappa shape index (κ2) is 5.49. The molecule has 3 aromatic rings. The van der Waals surface area contributed by atoms with E-state index in [0.717, 1.165) is 23.5 Å². The summed E-state index contributed by atoms with van der Waals surface area (Å²) in [6.07, 6.45) is 3.54. The summed E-state index contributed by atoms with van der Waals surface area (Å²) in [5.74, 6) is 0. The van der Waals surface area contributed by atoms with Gasteiger partial charge in [0.05, 0.1) is 5.69 Å². The van der Waals surface area contributed by atoms with Crippen LogP contribution in [0.1, 0.15) is 17.0 Å². The van der Waals surface area contributed by atoms with Crippen molar-refractivity contribution in [3.63, 3.8) is 0 Å².